The molecule has 1 N–H and O–H groups in total. The maximum atomic E-state index is 12.6. The number of Topliss-reactive ketones (excluding diaryl/α,β-unsaturated/α-hetero) is 1. The summed E-state index contributed by atoms with van der Waals surface area (Å²) in [5, 5.41) is 10.1. The fourth-order valence-electron chi connectivity index (χ4n) is 8.26. The fraction of sp³-hybridized carbons (Fsp3) is 0.864. The molecule has 3 heteroatoms. The third kappa shape index (κ3) is 1.69. The van der Waals surface area contributed by atoms with Crippen LogP contribution in [-0.2, 0) is 9.53 Å². The van der Waals surface area contributed by atoms with Crippen molar-refractivity contribution in [2.75, 3.05) is 0 Å². The predicted molar refractivity (Wildman–Crippen MR) is 96.0 cm³/mol. The van der Waals surface area contributed by atoms with Crippen LogP contribution < -0.4 is 0 Å². The molecule has 25 heavy (non-hydrogen) atoms. The van der Waals surface area contributed by atoms with Gasteiger partial charge in [-0.15, -0.1) is 0 Å². The molecule has 0 aromatic heterocycles. The van der Waals surface area contributed by atoms with Gasteiger partial charge in [-0.3, -0.25) is 4.79 Å². The molecule has 1 aliphatic heterocycles. The topological polar surface area (TPSA) is 49.8 Å². The van der Waals surface area contributed by atoms with Crippen molar-refractivity contribution >= 4 is 5.78 Å². The SMILES string of the molecule is CC(=O)[C@@]12O[C@]1(C)C[C@H]1[C@@H]3CC=C4CC(O)CC[C@]4(C)[C@H]3CC[C@@]12C. The van der Waals surface area contributed by atoms with Crippen molar-refractivity contribution in [2.45, 2.75) is 89.9 Å². The maximum absolute atomic E-state index is 12.6. The Hall–Kier alpha value is -0.670. The number of ether oxygens (including phenoxy) is 1. The van der Waals surface area contributed by atoms with E-state index in [4.69, 9.17) is 4.74 Å². The van der Waals surface area contributed by atoms with Gasteiger partial charge in [-0.2, -0.15) is 0 Å². The molecule has 1 heterocycles. The average molecular weight is 344 g/mol. The number of carbonyl (C=O) groups excluding carboxylic acids is 1. The monoisotopic (exact) mass is 344 g/mol. The van der Waals surface area contributed by atoms with Crippen LogP contribution in [-0.4, -0.2) is 28.2 Å². The molecule has 3 nitrogen and oxygen atoms in total. The molecule has 0 aromatic rings. The number of ketones is 1. The van der Waals surface area contributed by atoms with Crippen LogP contribution in [0, 0.1) is 28.6 Å². The van der Waals surface area contributed by atoms with Crippen LogP contribution in [0.5, 0.6) is 0 Å². The zero-order valence-corrected chi connectivity index (χ0v) is 16.1. The van der Waals surface area contributed by atoms with Crippen molar-refractivity contribution < 1.29 is 14.6 Å². The highest BCUT2D eigenvalue weighted by atomic mass is 16.6. The van der Waals surface area contributed by atoms with E-state index >= 15 is 0 Å². The number of aliphatic hydroxyl groups is 1. The molecule has 0 radical (unpaired) electrons. The minimum absolute atomic E-state index is 0.00460. The molecule has 3 saturated carbocycles. The number of hydrogen-bond donors (Lipinski definition) is 1. The summed E-state index contributed by atoms with van der Waals surface area (Å²) in [5.74, 6) is 2.23. The third-order valence-electron chi connectivity index (χ3n) is 9.46. The molecule has 8 atom stereocenters. The number of rotatable bonds is 1. The Kier molecular flexibility index (Phi) is 3.03. The first-order chi connectivity index (χ1) is 11.7. The third-order valence-corrected chi connectivity index (χ3v) is 9.46. The molecule has 0 bridgehead atoms. The maximum Gasteiger partial charge on any atom is 0.165 e. The van der Waals surface area contributed by atoms with E-state index in [0.29, 0.717) is 17.8 Å². The standard InChI is InChI=1S/C22H32O3/c1-13(23)22-20(3)10-8-17-16(18(20)12-21(22,4)25-22)6-5-14-11-15(24)7-9-19(14,17)2/h5,15-18,24H,6-12H2,1-4H3/t15?,16-,17+,18+,19+,20+,21-,22+/m1/s1. The lowest BCUT2D eigenvalue weighted by atomic mass is 9.47. The highest BCUT2D eigenvalue weighted by Crippen LogP contribution is 2.77. The van der Waals surface area contributed by atoms with Crippen LogP contribution in [0.25, 0.3) is 0 Å². The minimum Gasteiger partial charge on any atom is -0.393 e. The van der Waals surface area contributed by atoms with Gasteiger partial charge in [0.05, 0.1) is 6.10 Å². The second kappa shape index (κ2) is 4.59. The summed E-state index contributed by atoms with van der Waals surface area (Å²) >= 11 is 0. The number of fused-ring (bicyclic) bond motifs is 7. The lowest BCUT2D eigenvalue weighted by Crippen LogP contribution is -2.54. The second-order valence-electron chi connectivity index (χ2n) is 10.4. The van der Waals surface area contributed by atoms with Gasteiger partial charge >= 0.3 is 0 Å². The highest BCUT2D eigenvalue weighted by Gasteiger charge is 2.85. The van der Waals surface area contributed by atoms with Gasteiger partial charge in [0.25, 0.3) is 0 Å². The lowest BCUT2D eigenvalue weighted by molar-refractivity contribution is -0.135. The summed E-state index contributed by atoms with van der Waals surface area (Å²) < 4.78 is 6.19. The Morgan fingerprint density at radius 3 is 2.68 bits per heavy atom. The molecule has 0 amide bonds. The Balaban J connectivity index is 1.53. The van der Waals surface area contributed by atoms with Crippen LogP contribution in [0.1, 0.15) is 72.6 Å². The molecule has 4 fully saturated rings. The second-order valence-corrected chi connectivity index (χ2v) is 10.4. The van der Waals surface area contributed by atoms with Crippen molar-refractivity contribution in [3.05, 3.63) is 11.6 Å². The van der Waals surface area contributed by atoms with Gasteiger partial charge in [0.1, 0.15) is 5.60 Å². The van der Waals surface area contributed by atoms with Crippen LogP contribution in [0.4, 0.5) is 0 Å². The van der Waals surface area contributed by atoms with Crippen LogP contribution in [0.15, 0.2) is 11.6 Å². The summed E-state index contributed by atoms with van der Waals surface area (Å²) in [6, 6.07) is 0. The van der Waals surface area contributed by atoms with E-state index < -0.39 is 5.60 Å². The van der Waals surface area contributed by atoms with Gasteiger partial charge in [-0.1, -0.05) is 25.5 Å². The van der Waals surface area contributed by atoms with Crippen LogP contribution in [0.3, 0.4) is 0 Å². The van der Waals surface area contributed by atoms with E-state index in [1.165, 1.54) is 12.0 Å². The van der Waals surface area contributed by atoms with Gasteiger partial charge in [0.15, 0.2) is 11.4 Å². The average Bonchev–Trinajstić information content (AvgIpc) is 3.13. The first-order valence-electron chi connectivity index (χ1n) is 10.3. The van der Waals surface area contributed by atoms with Gasteiger partial charge < -0.3 is 9.84 Å². The number of aliphatic hydroxyl groups excluding tert-OH is 1. The largest absolute Gasteiger partial charge is 0.393 e. The molecule has 4 aliphatic carbocycles. The Labute approximate surface area is 151 Å². The number of allylic oxidation sites excluding steroid dienone is 1. The Bertz CT molecular complexity index is 683. The van der Waals surface area contributed by atoms with Crippen molar-refractivity contribution in [3.63, 3.8) is 0 Å². The van der Waals surface area contributed by atoms with E-state index in [1.807, 2.05) is 0 Å². The summed E-state index contributed by atoms with van der Waals surface area (Å²) in [4.78, 5) is 12.6. The molecule has 1 unspecified atom stereocenters. The van der Waals surface area contributed by atoms with Gasteiger partial charge in [-0.25, -0.2) is 0 Å². The van der Waals surface area contributed by atoms with Gasteiger partial charge in [-0.05, 0) is 82.0 Å². The van der Waals surface area contributed by atoms with E-state index in [9.17, 15) is 9.90 Å². The van der Waals surface area contributed by atoms with E-state index in [1.54, 1.807) is 6.92 Å². The molecular weight excluding hydrogens is 312 g/mol. The number of hydrogen-bond acceptors (Lipinski definition) is 3. The number of carbonyl (C=O) groups is 1. The van der Waals surface area contributed by atoms with E-state index in [-0.39, 0.29) is 28.3 Å². The van der Waals surface area contributed by atoms with E-state index in [0.717, 1.165) is 38.5 Å². The van der Waals surface area contributed by atoms with Crippen molar-refractivity contribution in [1.29, 1.82) is 0 Å². The molecule has 138 valence electrons. The van der Waals surface area contributed by atoms with Crippen LogP contribution >= 0.6 is 0 Å². The zero-order chi connectivity index (χ0) is 17.8. The quantitative estimate of drug-likeness (QED) is 0.577. The van der Waals surface area contributed by atoms with Gasteiger partial charge in [0.2, 0.25) is 0 Å². The first kappa shape index (κ1) is 16.5. The molecule has 0 aromatic carbocycles. The van der Waals surface area contributed by atoms with E-state index in [2.05, 4.69) is 26.8 Å². The van der Waals surface area contributed by atoms with Gasteiger partial charge in [0, 0.05) is 5.41 Å². The zero-order valence-electron chi connectivity index (χ0n) is 16.1. The Morgan fingerprint density at radius 1 is 1.20 bits per heavy atom. The number of epoxide rings is 1. The summed E-state index contributed by atoms with van der Waals surface area (Å²) in [6.45, 7) is 8.72. The molecule has 5 rings (SSSR count). The molecule has 0 spiro atoms. The smallest absolute Gasteiger partial charge is 0.165 e. The normalized spacial score (nSPS) is 59.2. The van der Waals surface area contributed by atoms with Crippen molar-refractivity contribution in [2.24, 2.45) is 28.6 Å². The summed E-state index contributed by atoms with van der Waals surface area (Å²) in [5.41, 5.74) is 1.05. The minimum atomic E-state index is -0.511. The lowest BCUT2D eigenvalue weighted by Gasteiger charge is -2.58. The Morgan fingerprint density at radius 2 is 1.96 bits per heavy atom. The summed E-state index contributed by atoms with van der Waals surface area (Å²) in [7, 11) is 0. The fourth-order valence-corrected chi connectivity index (χ4v) is 8.26. The van der Waals surface area contributed by atoms with Crippen LogP contribution in [0.2, 0.25) is 0 Å². The highest BCUT2D eigenvalue weighted by molar-refractivity contribution is 5.91. The van der Waals surface area contributed by atoms with Crippen molar-refractivity contribution in [1.82, 2.24) is 0 Å². The predicted octanol–water partition coefficient (Wildman–Crippen LogP) is 4.04. The molecule has 1 saturated heterocycles. The molecular formula is C22H32O3. The first-order valence-corrected chi connectivity index (χ1v) is 10.3. The van der Waals surface area contributed by atoms with Crippen molar-refractivity contribution in [3.8, 4) is 0 Å². The molecule has 5 aliphatic rings. The summed E-state index contributed by atoms with van der Waals surface area (Å²) in [6.07, 6.45) is 9.75.